The maximum absolute atomic E-state index is 13.5. The van der Waals surface area contributed by atoms with Gasteiger partial charge in [-0.3, -0.25) is 9.36 Å². The molecular weight excluding hydrogens is 412 g/mol. The first-order valence-corrected chi connectivity index (χ1v) is 11.6. The zero-order chi connectivity index (χ0) is 22.8. The van der Waals surface area contributed by atoms with Gasteiger partial charge in [-0.25, -0.2) is 4.98 Å². The van der Waals surface area contributed by atoms with Crippen molar-refractivity contribution in [2.24, 2.45) is 12.8 Å². The van der Waals surface area contributed by atoms with E-state index in [4.69, 9.17) is 15.7 Å². The molecule has 1 aliphatic carbocycles. The van der Waals surface area contributed by atoms with Crippen molar-refractivity contribution in [3.05, 3.63) is 88.0 Å². The Hall–Kier alpha value is -3.45. The van der Waals surface area contributed by atoms with Gasteiger partial charge < -0.3 is 15.6 Å². The number of rotatable bonds is 6. The summed E-state index contributed by atoms with van der Waals surface area (Å²) in [6, 6.07) is 20.4. The number of aromatic nitrogens is 4. The minimum atomic E-state index is -0.0923. The Morgan fingerprint density at radius 3 is 2.39 bits per heavy atom. The van der Waals surface area contributed by atoms with E-state index in [-0.39, 0.29) is 17.5 Å². The average molecular weight is 443 g/mol. The van der Waals surface area contributed by atoms with Crippen molar-refractivity contribution in [1.82, 2.24) is 19.1 Å². The van der Waals surface area contributed by atoms with Crippen LogP contribution in [-0.4, -0.2) is 25.1 Å². The van der Waals surface area contributed by atoms with E-state index in [1.807, 2.05) is 48.5 Å². The fourth-order valence-electron chi connectivity index (χ4n) is 4.81. The Morgan fingerprint density at radius 1 is 1.00 bits per heavy atom. The monoisotopic (exact) mass is 442 g/mol. The van der Waals surface area contributed by atoms with Gasteiger partial charge in [0, 0.05) is 32.1 Å². The lowest BCUT2D eigenvalue weighted by atomic mass is 9.85. The first-order valence-electron chi connectivity index (χ1n) is 11.6. The fraction of sp³-hybridized carbons (Fsp3) is 0.346. The molecule has 5 rings (SSSR count). The second-order valence-electron chi connectivity index (χ2n) is 8.98. The van der Waals surface area contributed by atoms with Crippen molar-refractivity contribution in [2.75, 3.05) is 5.32 Å². The van der Waals surface area contributed by atoms with Crippen LogP contribution in [0.1, 0.15) is 48.6 Å². The molecular formula is C26H30N6O. The van der Waals surface area contributed by atoms with Crippen LogP contribution in [0.5, 0.6) is 0 Å². The summed E-state index contributed by atoms with van der Waals surface area (Å²) in [7, 11) is 1.76. The Labute approximate surface area is 193 Å². The molecule has 170 valence electrons. The first-order chi connectivity index (χ1) is 16.1. The molecule has 2 aromatic carbocycles. The molecule has 0 aliphatic heterocycles. The van der Waals surface area contributed by atoms with E-state index in [2.05, 4.69) is 22.0 Å². The van der Waals surface area contributed by atoms with Crippen molar-refractivity contribution < 1.29 is 0 Å². The van der Waals surface area contributed by atoms with E-state index in [1.54, 1.807) is 11.6 Å². The van der Waals surface area contributed by atoms with Crippen LogP contribution in [0.15, 0.2) is 65.5 Å². The van der Waals surface area contributed by atoms with E-state index in [9.17, 15) is 4.79 Å². The third-order valence-corrected chi connectivity index (χ3v) is 6.57. The summed E-state index contributed by atoms with van der Waals surface area (Å²) in [4.78, 5) is 23.2. The third kappa shape index (κ3) is 4.41. The van der Waals surface area contributed by atoms with Gasteiger partial charge >= 0.3 is 0 Å². The number of anilines is 1. The molecule has 7 nitrogen and oxygen atoms in total. The molecule has 4 aromatic rings. The molecule has 2 atom stereocenters. The third-order valence-electron chi connectivity index (χ3n) is 6.57. The standard InChI is InChI=1S/C26H30N6O/c1-31-25(33)22-23(30-26(31)28-16-18-9-4-2-5-10-18)29-24(20-13-8-14-21(27)15-20)32(22)17-19-11-6-3-7-12-19/h2-7,9-12,20-21H,8,13-17,27H2,1H3,(H,28,30). The van der Waals surface area contributed by atoms with E-state index >= 15 is 0 Å². The van der Waals surface area contributed by atoms with Crippen molar-refractivity contribution in [2.45, 2.75) is 50.7 Å². The number of imidazole rings is 1. The van der Waals surface area contributed by atoms with Gasteiger partial charge in [-0.05, 0) is 30.4 Å². The van der Waals surface area contributed by atoms with Gasteiger partial charge in [0.15, 0.2) is 11.2 Å². The molecule has 0 spiro atoms. The fourth-order valence-corrected chi connectivity index (χ4v) is 4.81. The highest BCUT2D eigenvalue weighted by atomic mass is 16.1. The number of fused-ring (bicyclic) bond motifs is 1. The summed E-state index contributed by atoms with van der Waals surface area (Å²) < 4.78 is 3.66. The predicted molar refractivity (Wildman–Crippen MR) is 131 cm³/mol. The highest BCUT2D eigenvalue weighted by Gasteiger charge is 2.28. The van der Waals surface area contributed by atoms with Gasteiger partial charge in [0.25, 0.3) is 5.56 Å². The lowest BCUT2D eigenvalue weighted by molar-refractivity contribution is 0.376. The van der Waals surface area contributed by atoms with Gasteiger partial charge in [0.1, 0.15) is 5.82 Å². The largest absolute Gasteiger partial charge is 0.351 e. The second-order valence-corrected chi connectivity index (χ2v) is 8.98. The maximum Gasteiger partial charge on any atom is 0.280 e. The van der Waals surface area contributed by atoms with Gasteiger partial charge in [-0.2, -0.15) is 4.98 Å². The molecule has 1 aliphatic rings. The number of hydrogen-bond donors (Lipinski definition) is 2. The molecule has 7 heteroatoms. The van der Waals surface area contributed by atoms with E-state index in [0.717, 1.165) is 42.6 Å². The predicted octanol–water partition coefficient (Wildman–Crippen LogP) is 3.78. The number of nitrogens with two attached hydrogens (primary N) is 1. The molecule has 0 bridgehead atoms. The Kier molecular flexibility index (Phi) is 5.96. The number of nitrogens with one attached hydrogen (secondary N) is 1. The number of hydrogen-bond acceptors (Lipinski definition) is 5. The lowest BCUT2D eigenvalue weighted by Crippen LogP contribution is -2.28. The van der Waals surface area contributed by atoms with Gasteiger partial charge in [-0.15, -0.1) is 0 Å². The van der Waals surface area contributed by atoms with Crippen molar-refractivity contribution >= 4 is 17.1 Å². The summed E-state index contributed by atoms with van der Waals surface area (Å²) in [6.07, 6.45) is 4.04. The average Bonchev–Trinajstić information content (AvgIpc) is 3.20. The second kappa shape index (κ2) is 9.19. The van der Waals surface area contributed by atoms with Crippen LogP contribution >= 0.6 is 0 Å². The van der Waals surface area contributed by atoms with Crippen LogP contribution in [0, 0.1) is 0 Å². The van der Waals surface area contributed by atoms with Crippen molar-refractivity contribution in [3.63, 3.8) is 0 Å². The van der Waals surface area contributed by atoms with Crippen LogP contribution < -0.4 is 16.6 Å². The van der Waals surface area contributed by atoms with Crippen LogP contribution in [0.25, 0.3) is 11.2 Å². The molecule has 33 heavy (non-hydrogen) atoms. The highest BCUT2D eigenvalue weighted by Crippen LogP contribution is 2.33. The Bertz CT molecular complexity index is 1300. The van der Waals surface area contributed by atoms with Gasteiger partial charge in [0.05, 0.1) is 0 Å². The normalized spacial score (nSPS) is 18.5. The highest BCUT2D eigenvalue weighted by molar-refractivity contribution is 5.72. The van der Waals surface area contributed by atoms with Crippen LogP contribution in [0.2, 0.25) is 0 Å². The molecule has 1 fully saturated rings. The van der Waals surface area contributed by atoms with Crippen LogP contribution in [0.4, 0.5) is 5.95 Å². The molecule has 0 radical (unpaired) electrons. The SMILES string of the molecule is Cn1c(NCc2ccccc2)nc2nc(C3CCCC(N)C3)n(Cc3ccccc3)c2c1=O. The van der Waals surface area contributed by atoms with E-state index in [1.165, 1.54) is 0 Å². The van der Waals surface area contributed by atoms with Crippen molar-refractivity contribution in [1.29, 1.82) is 0 Å². The van der Waals surface area contributed by atoms with Gasteiger partial charge in [-0.1, -0.05) is 67.1 Å². The van der Waals surface area contributed by atoms with Crippen LogP contribution in [-0.2, 0) is 20.1 Å². The minimum Gasteiger partial charge on any atom is -0.351 e. The Morgan fingerprint density at radius 2 is 1.70 bits per heavy atom. The zero-order valence-corrected chi connectivity index (χ0v) is 18.9. The molecule has 0 amide bonds. The molecule has 2 heterocycles. The molecule has 1 saturated carbocycles. The number of nitrogens with zero attached hydrogens (tertiary/aromatic N) is 4. The molecule has 2 unspecified atom stereocenters. The molecule has 0 saturated heterocycles. The maximum atomic E-state index is 13.5. The van der Waals surface area contributed by atoms with Crippen molar-refractivity contribution in [3.8, 4) is 0 Å². The topological polar surface area (TPSA) is 90.8 Å². The smallest absolute Gasteiger partial charge is 0.280 e. The quantitative estimate of drug-likeness (QED) is 0.474. The minimum absolute atomic E-state index is 0.0923. The summed E-state index contributed by atoms with van der Waals surface area (Å²) in [5, 5.41) is 3.31. The first kappa shape index (κ1) is 21.4. The van der Waals surface area contributed by atoms with Gasteiger partial charge in [0.2, 0.25) is 5.95 Å². The number of benzene rings is 2. The van der Waals surface area contributed by atoms with E-state index < -0.39 is 0 Å². The summed E-state index contributed by atoms with van der Waals surface area (Å²) in [5.74, 6) is 1.68. The molecule has 3 N–H and O–H groups in total. The Balaban J connectivity index is 1.58. The summed E-state index contributed by atoms with van der Waals surface area (Å²) in [6.45, 7) is 1.17. The molecule has 2 aromatic heterocycles. The lowest BCUT2D eigenvalue weighted by Gasteiger charge is -2.26. The van der Waals surface area contributed by atoms with Crippen LogP contribution in [0.3, 0.4) is 0 Å². The zero-order valence-electron chi connectivity index (χ0n) is 18.9. The van der Waals surface area contributed by atoms with E-state index in [0.29, 0.717) is 30.2 Å². The summed E-state index contributed by atoms with van der Waals surface area (Å²) >= 11 is 0. The summed E-state index contributed by atoms with van der Waals surface area (Å²) in [5.41, 5.74) is 9.52.